The van der Waals surface area contributed by atoms with E-state index < -0.39 is 30.1 Å². The van der Waals surface area contributed by atoms with Crippen LogP contribution in [0, 0.1) is 6.92 Å². The molecule has 198 valence electrons. The van der Waals surface area contributed by atoms with E-state index in [4.69, 9.17) is 44.3 Å². The lowest BCUT2D eigenvalue weighted by atomic mass is 9.70. The Morgan fingerprint density at radius 3 is 1.72 bits per heavy atom. The number of carbonyl (C=O) groups is 2. The van der Waals surface area contributed by atoms with Crippen LogP contribution in [0.1, 0.15) is 61.7 Å². The number of ether oxygens (including phenoxy) is 2. The maximum absolute atomic E-state index is 13.4. The lowest BCUT2D eigenvalue weighted by Crippen LogP contribution is -2.47. The van der Waals surface area contributed by atoms with E-state index in [1.165, 1.54) is 0 Å². The van der Waals surface area contributed by atoms with Gasteiger partial charge in [-0.2, -0.15) is 0 Å². The molecule has 3 unspecified atom stereocenters. The van der Waals surface area contributed by atoms with Gasteiger partial charge in [-0.15, -0.1) is 0 Å². The molecule has 4 aromatic rings. The molecule has 0 fully saturated rings. The quantitative estimate of drug-likeness (QED) is 0.222. The molecule has 1 aliphatic carbocycles. The molecular formula is C32H25Cl3O4. The molecule has 4 nitrogen and oxygen atoms in total. The molecule has 1 aliphatic rings. The number of benzene rings is 4. The molecule has 0 heterocycles. The summed E-state index contributed by atoms with van der Waals surface area (Å²) in [4.78, 5) is 26.8. The largest absolute Gasteiger partial charge is 0.454 e. The number of carbonyl (C=O) groups excluding carboxylic acids is 2. The first-order chi connectivity index (χ1) is 18.7. The van der Waals surface area contributed by atoms with E-state index in [2.05, 4.69) is 0 Å². The topological polar surface area (TPSA) is 52.6 Å². The SMILES string of the molecule is Cc1ccc(Cl)cc1[C@H]1c2cc(Cl)c(Cl)cc2C(C)C(OC(=O)c2ccccc2)C1OC(=O)c1ccccc1. The summed E-state index contributed by atoms with van der Waals surface area (Å²) in [5.74, 6) is -1.95. The second-order valence-electron chi connectivity index (χ2n) is 9.63. The Morgan fingerprint density at radius 1 is 0.641 bits per heavy atom. The molecule has 39 heavy (non-hydrogen) atoms. The highest BCUT2D eigenvalue weighted by molar-refractivity contribution is 6.42. The monoisotopic (exact) mass is 578 g/mol. The summed E-state index contributed by atoms with van der Waals surface area (Å²) in [5.41, 5.74) is 4.24. The normalized spacial score (nSPS) is 20.1. The Balaban J connectivity index is 1.69. The van der Waals surface area contributed by atoms with Crippen molar-refractivity contribution in [3.8, 4) is 0 Å². The predicted octanol–water partition coefficient (Wildman–Crippen LogP) is 8.66. The van der Waals surface area contributed by atoms with Crippen molar-refractivity contribution in [1.82, 2.24) is 0 Å². The van der Waals surface area contributed by atoms with Gasteiger partial charge in [-0.1, -0.05) is 84.2 Å². The molecule has 0 radical (unpaired) electrons. The van der Waals surface area contributed by atoms with Crippen molar-refractivity contribution in [2.75, 3.05) is 0 Å². The van der Waals surface area contributed by atoms with Crippen LogP contribution in [0.2, 0.25) is 15.1 Å². The maximum atomic E-state index is 13.4. The first kappa shape index (κ1) is 27.3. The number of esters is 2. The number of rotatable bonds is 5. The Kier molecular flexibility index (Phi) is 7.99. The van der Waals surface area contributed by atoms with Crippen LogP contribution in [0.3, 0.4) is 0 Å². The third kappa shape index (κ3) is 5.56. The fourth-order valence-electron chi connectivity index (χ4n) is 5.20. The van der Waals surface area contributed by atoms with E-state index in [1.807, 2.05) is 38.1 Å². The Hall–Kier alpha value is -3.31. The van der Waals surface area contributed by atoms with Crippen LogP contribution >= 0.6 is 34.8 Å². The average molecular weight is 580 g/mol. The molecule has 4 aromatic carbocycles. The number of fused-ring (bicyclic) bond motifs is 1. The second-order valence-corrected chi connectivity index (χ2v) is 10.9. The van der Waals surface area contributed by atoms with Crippen molar-refractivity contribution in [1.29, 1.82) is 0 Å². The van der Waals surface area contributed by atoms with Crippen LogP contribution < -0.4 is 0 Å². The van der Waals surface area contributed by atoms with Crippen LogP contribution in [0.25, 0.3) is 0 Å². The minimum Gasteiger partial charge on any atom is -0.454 e. The maximum Gasteiger partial charge on any atom is 0.338 e. The second kappa shape index (κ2) is 11.4. The van der Waals surface area contributed by atoms with Gasteiger partial charge < -0.3 is 9.47 Å². The van der Waals surface area contributed by atoms with Gasteiger partial charge in [0.2, 0.25) is 0 Å². The average Bonchev–Trinajstić information content (AvgIpc) is 2.94. The fraction of sp³-hybridized carbons (Fsp3) is 0.188. The summed E-state index contributed by atoms with van der Waals surface area (Å²) in [6, 6.07) is 26.6. The van der Waals surface area contributed by atoms with Gasteiger partial charge in [0, 0.05) is 10.9 Å². The smallest absolute Gasteiger partial charge is 0.338 e. The van der Waals surface area contributed by atoms with Crippen LogP contribution in [0.15, 0.2) is 91.0 Å². The summed E-state index contributed by atoms with van der Waals surface area (Å²) < 4.78 is 12.4. The summed E-state index contributed by atoms with van der Waals surface area (Å²) >= 11 is 19.4. The van der Waals surface area contributed by atoms with Gasteiger partial charge in [0.25, 0.3) is 0 Å². The van der Waals surface area contributed by atoms with Gasteiger partial charge in [0.15, 0.2) is 6.10 Å². The molecule has 0 bridgehead atoms. The highest BCUT2D eigenvalue weighted by Gasteiger charge is 2.47. The zero-order valence-corrected chi connectivity index (χ0v) is 23.5. The van der Waals surface area contributed by atoms with Crippen LogP contribution in [-0.2, 0) is 9.47 Å². The van der Waals surface area contributed by atoms with Crippen LogP contribution in [-0.4, -0.2) is 24.1 Å². The van der Waals surface area contributed by atoms with E-state index in [-0.39, 0.29) is 5.92 Å². The van der Waals surface area contributed by atoms with Gasteiger partial charge in [0.1, 0.15) is 6.10 Å². The van der Waals surface area contributed by atoms with E-state index in [9.17, 15) is 9.59 Å². The Morgan fingerprint density at radius 2 is 1.15 bits per heavy atom. The Labute approximate surface area is 242 Å². The molecule has 5 rings (SSSR count). The first-order valence-electron chi connectivity index (χ1n) is 12.5. The van der Waals surface area contributed by atoms with Crippen molar-refractivity contribution in [3.05, 3.63) is 139 Å². The summed E-state index contributed by atoms with van der Waals surface area (Å²) in [6.45, 7) is 3.89. The zero-order valence-electron chi connectivity index (χ0n) is 21.2. The van der Waals surface area contributed by atoms with E-state index >= 15 is 0 Å². The third-order valence-corrected chi connectivity index (χ3v) is 8.14. The molecule has 7 heteroatoms. The number of hydrogen-bond donors (Lipinski definition) is 0. The zero-order chi connectivity index (χ0) is 27.7. The van der Waals surface area contributed by atoms with Crippen molar-refractivity contribution >= 4 is 46.7 Å². The minimum absolute atomic E-state index is 0.369. The van der Waals surface area contributed by atoms with Gasteiger partial charge >= 0.3 is 11.9 Å². The summed E-state index contributed by atoms with van der Waals surface area (Å²) in [7, 11) is 0. The lowest BCUT2D eigenvalue weighted by molar-refractivity contribution is -0.0532. The van der Waals surface area contributed by atoms with Crippen LogP contribution in [0.5, 0.6) is 0 Å². The van der Waals surface area contributed by atoms with Gasteiger partial charge in [-0.05, 0) is 77.7 Å². The van der Waals surface area contributed by atoms with Gasteiger partial charge in [-0.25, -0.2) is 9.59 Å². The molecular weight excluding hydrogens is 555 g/mol. The third-order valence-electron chi connectivity index (χ3n) is 7.18. The number of hydrogen-bond acceptors (Lipinski definition) is 4. The molecule has 0 amide bonds. The highest BCUT2D eigenvalue weighted by atomic mass is 35.5. The standard InChI is InChI=1S/C32H25Cl3O4/c1-18-13-14-22(33)15-23(18)28-25-17-27(35)26(34)16-24(25)19(2)29(38-31(36)20-9-5-3-6-10-20)30(28)39-32(37)21-11-7-4-8-12-21/h3-17,19,28-30H,1-2H3/t19?,28-,29?,30?/m0/s1. The Bertz CT molecular complexity index is 1520. The van der Waals surface area contributed by atoms with E-state index in [0.29, 0.717) is 26.2 Å². The highest BCUT2D eigenvalue weighted by Crippen LogP contribution is 2.48. The van der Waals surface area contributed by atoms with E-state index in [1.54, 1.807) is 66.7 Å². The molecule has 0 aliphatic heterocycles. The molecule has 0 saturated heterocycles. The van der Waals surface area contributed by atoms with Crippen molar-refractivity contribution in [2.24, 2.45) is 0 Å². The van der Waals surface area contributed by atoms with E-state index in [0.717, 1.165) is 22.3 Å². The fourth-order valence-corrected chi connectivity index (χ4v) is 5.72. The molecule has 0 spiro atoms. The predicted molar refractivity (Wildman–Crippen MR) is 154 cm³/mol. The minimum atomic E-state index is -0.887. The summed E-state index contributed by atoms with van der Waals surface area (Å²) in [5, 5.41) is 1.29. The van der Waals surface area contributed by atoms with Gasteiger partial charge in [-0.3, -0.25) is 0 Å². The summed E-state index contributed by atoms with van der Waals surface area (Å²) in [6.07, 6.45) is -1.72. The molecule has 0 aromatic heterocycles. The van der Waals surface area contributed by atoms with Gasteiger partial charge in [0.05, 0.1) is 27.1 Å². The molecule has 4 atom stereocenters. The number of halogens is 3. The number of aryl methyl sites for hydroxylation is 1. The van der Waals surface area contributed by atoms with Crippen molar-refractivity contribution < 1.29 is 19.1 Å². The van der Waals surface area contributed by atoms with Crippen LogP contribution in [0.4, 0.5) is 0 Å². The molecule has 0 saturated carbocycles. The first-order valence-corrected chi connectivity index (χ1v) is 13.6. The van der Waals surface area contributed by atoms with Crippen molar-refractivity contribution in [3.63, 3.8) is 0 Å². The lowest BCUT2D eigenvalue weighted by Gasteiger charge is -2.42. The molecule has 0 N–H and O–H groups in total. The van der Waals surface area contributed by atoms with Crippen molar-refractivity contribution in [2.45, 2.75) is 37.9 Å².